The molecule has 0 spiro atoms. The molecular weight excluding hydrogens is 555 g/mol. The zero-order chi connectivity index (χ0) is 29.0. The second-order valence-electron chi connectivity index (χ2n) is 9.35. The minimum atomic E-state index is -4.46. The van der Waals surface area contributed by atoms with Crippen molar-refractivity contribution in [2.24, 2.45) is 5.92 Å². The number of nitrogens with zero attached hydrogens (tertiary/aromatic N) is 5. The quantitative estimate of drug-likeness (QED) is 0.166. The molecule has 0 saturated heterocycles. The third kappa shape index (κ3) is 6.62. The molecule has 4 atom stereocenters. The van der Waals surface area contributed by atoms with Crippen LogP contribution in [0.1, 0.15) is 44.2 Å². The number of aliphatic hydroxyl groups is 2. The van der Waals surface area contributed by atoms with Gasteiger partial charge in [-0.1, -0.05) is 18.6 Å². The van der Waals surface area contributed by atoms with Gasteiger partial charge in [-0.2, -0.15) is 13.2 Å². The SMILES string of the molecule is CCCCNc1nc(Sc2ccc(C(F)(F)F)cc2)nc2c1nnn2[C@@H]1C[C@H](C(=O)N[C@@H](CO)C(=O)O)C[C@@H]1O. The Kier molecular flexibility index (Phi) is 9.10. The van der Waals surface area contributed by atoms with Gasteiger partial charge in [0.05, 0.1) is 24.3 Å². The van der Waals surface area contributed by atoms with E-state index in [4.69, 9.17) is 5.11 Å². The molecule has 3 aromatic rings. The highest BCUT2D eigenvalue weighted by Crippen LogP contribution is 2.38. The number of unbranched alkanes of at least 4 members (excludes halogenated alkanes) is 1. The number of hydrogen-bond donors (Lipinski definition) is 5. The van der Waals surface area contributed by atoms with E-state index in [1.165, 1.54) is 16.8 Å². The number of amides is 1. The van der Waals surface area contributed by atoms with Crippen molar-refractivity contribution < 1.29 is 38.1 Å². The average molecular weight is 584 g/mol. The number of carbonyl (C=O) groups excluding carboxylic acids is 1. The molecule has 16 heteroatoms. The summed E-state index contributed by atoms with van der Waals surface area (Å²) in [5.41, 5.74) is -0.202. The third-order valence-corrected chi connectivity index (χ3v) is 7.37. The molecule has 12 nitrogen and oxygen atoms in total. The molecule has 4 rings (SSSR count). The van der Waals surface area contributed by atoms with Crippen molar-refractivity contribution in [1.82, 2.24) is 30.3 Å². The minimum Gasteiger partial charge on any atom is -0.480 e. The van der Waals surface area contributed by atoms with E-state index in [-0.39, 0.29) is 23.6 Å². The van der Waals surface area contributed by atoms with E-state index in [1.54, 1.807) is 0 Å². The Balaban J connectivity index is 1.62. The summed E-state index contributed by atoms with van der Waals surface area (Å²) in [6.45, 7) is 1.81. The zero-order valence-corrected chi connectivity index (χ0v) is 22.1. The Labute approximate surface area is 230 Å². The molecule has 1 fully saturated rings. The van der Waals surface area contributed by atoms with Gasteiger partial charge in [0, 0.05) is 17.4 Å². The van der Waals surface area contributed by atoms with Crippen LogP contribution in [-0.4, -0.2) is 77.5 Å². The lowest BCUT2D eigenvalue weighted by Crippen LogP contribution is -2.45. The summed E-state index contributed by atoms with van der Waals surface area (Å²) in [4.78, 5) is 33.3. The number of aliphatic carboxylic acids is 1. The van der Waals surface area contributed by atoms with Gasteiger partial charge in [0.2, 0.25) is 5.91 Å². The summed E-state index contributed by atoms with van der Waals surface area (Å²) in [7, 11) is 0. The molecule has 1 aliphatic rings. The molecule has 5 N–H and O–H groups in total. The van der Waals surface area contributed by atoms with Crippen LogP contribution in [0.3, 0.4) is 0 Å². The number of hydrogen-bond acceptors (Lipinski definition) is 10. The summed E-state index contributed by atoms with van der Waals surface area (Å²) < 4.78 is 40.3. The first kappa shape index (κ1) is 29.5. The van der Waals surface area contributed by atoms with Crippen molar-refractivity contribution in [3.05, 3.63) is 29.8 Å². The van der Waals surface area contributed by atoms with Crippen molar-refractivity contribution in [3.63, 3.8) is 0 Å². The molecule has 40 heavy (non-hydrogen) atoms. The number of aromatic nitrogens is 5. The standard InChI is InChI=1S/C24H28F3N7O5S/c1-2-3-8-28-19-18-20(31-23(30-19)40-14-6-4-13(5-7-14)24(25,26)27)34(33-32-18)16-9-12(10-17(16)36)21(37)29-15(11-35)22(38)39/h4-7,12,15-17,35-36H,2-3,8-11H2,1H3,(H,29,37)(H,38,39)(H,28,30,31)/t12-,15-,16+,17-/m0/s1. The molecule has 1 aromatic carbocycles. The monoisotopic (exact) mass is 583 g/mol. The first-order valence-electron chi connectivity index (χ1n) is 12.6. The molecule has 0 unspecified atom stereocenters. The predicted octanol–water partition coefficient (Wildman–Crippen LogP) is 2.48. The number of carboxylic acids is 1. The topological polar surface area (TPSA) is 175 Å². The number of carboxylic acid groups (broad SMARTS) is 1. The average Bonchev–Trinajstić information content (AvgIpc) is 3.50. The number of aliphatic hydroxyl groups excluding tert-OH is 2. The zero-order valence-electron chi connectivity index (χ0n) is 21.3. The van der Waals surface area contributed by atoms with Crippen LogP contribution in [0, 0.1) is 5.92 Å². The molecule has 1 saturated carbocycles. The molecule has 1 aliphatic carbocycles. The largest absolute Gasteiger partial charge is 0.480 e. The van der Waals surface area contributed by atoms with Crippen LogP contribution >= 0.6 is 11.8 Å². The van der Waals surface area contributed by atoms with Gasteiger partial charge in [0.25, 0.3) is 0 Å². The van der Waals surface area contributed by atoms with E-state index >= 15 is 0 Å². The van der Waals surface area contributed by atoms with Crippen LogP contribution in [0.2, 0.25) is 0 Å². The molecular formula is C24H28F3N7O5S. The van der Waals surface area contributed by atoms with Crippen LogP contribution in [0.25, 0.3) is 11.2 Å². The Hall–Kier alpha value is -3.50. The van der Waals surface area contributed by atoms with Gasteiger partial charge in [-0.05, 0) is 55.3 Å². The van der Waals surface area contributed by atoms with Crippen molar-refractivity contribution in [2.45, 2.75) is 67.0 Å². The predicted molar refractivity (Wildman–Crippen MR) is 137 cm³/mol. The lowest BCUT2D eigenvalue weighted by atomic mass is 10.1. The van der Waals surface area contributed by atoms with Crippen LogP contribution in [0.4, 0.5) is 19.0 Å². The van der Waals surface area contributed by atoms with Crippen molar-refractivity contribution in [3.8, 4) is 0 Å². The highest BCUT2D eigenvalue weighted by atomic mass is 32.2. The summed E-state index contributed by atoms with van der Waals surface area (Å²) in [5, 5.41) is 43.1. The van der Waals surface area contributed by atoms with Crippen molar-refractivity contribution >= 4 is 40.6 Å². The van der Waals surface area contributed by atoms with Gasteiger partial charge in [-0.25, -0.2) is 19.4 Å². The summed E-state index contributed by atoms with van der Waals surface area (Å²) in [6.07, 6.45) is -3.61. The fraction of sp³-hybridized carbons (Fsp3) is 0.500. The highest BCUT2D eigenvalue weighted by molar-refractivity contribution is 7.99. The first-order valence-corrected chi connectivity index (χ1v) is 13.4. The molecule has 2 heterocycles. The van der Waals surface area contributed by atoms with E-state index in [0.717, 1.165) is 36.7 Å². The number of carbonyl (C=O) groups is 2. The van der Waals surface area contributed by atoms with Crippen LogP contribution in [-0.2, 0) is 15.8 Å². The van der Waals surface area contributed by atoms with E-state index in [1.807, 2.05) is 6.92 Å². The minimum absolute atomic E-state index is 0.0233. The molecule has 0 radical (unpaired) electrons. The van der Waals surface area contributed by atoms with Gasteiger partial charge in [0.15, 0.2) is 22.1 Å². The van der Waals surface area contributed by atoms with E-state index in [2.05, 4.69) is 30.9 Å². The highest BCUT2D eigenvalue weighted by Gasteiger charge is 2.40. The second-order valence-corrected chi connectivity index (χ2v) is 10.4. The first-order chi connectivity index (χ1) is 19.0. The Bertz CT molecular complexity index is 1360. The smallest absolute Gasteiger partial charge is 0.416 e. The molecule has 216 valence electrons. The lowest BCUT2D eigenvalue weighted by molar-refractivity contribution is -0.143. The van der Waals surface area contributed by atoms with Gasteiger partial charge < -0.3 is 26.0 Å². The van der Waals surface area contributed by atoms with E-state index < -0.39 is 54.3 Å². The molecule has 0 bridgehead atoms. The Morgan fingerprint density at radius 2 is 1.93 bits per heavy atom. The van der Waals surface area contributed by atoms with Crippen molar-refractivity contribution in [1.29, 1.82) is 0 Å². The lowest BCUT2D eigenvalue weighted by Gasteiger charge is -2.16. The molecule has 1 amide bonds. The number of benzene rings is 1. The van der Waals surface area contributed by atoms with Crippen LogP contribution in [0.15, 0.2) is 34.3 Å². The summed E-state index contributed by atoms with van der Waals surface area (Å²) >= 11 is 1.04. The molecule has 0 aliphatic heterocycles. The Morgan fingerprint density at radius 3 is 2.55 bits per heavy atom. The number of halogens is 3. The van der Waals surface area contributed by atoms with Crippen molar-refractivity contribution in [2.75, 3.05) is 18.5 Å². The van der Waals surface area contributed by atoms with E-state index in [9.17, 15) is 33.0 Å². The maximum Gasteiger partial charge on any atom is 0.416 e. The third-order valence-electron chi connectivity index (χ3n) is 6.50. The number of alkyl halides is 3. The van der Waals surface area contributed by atoms with E-state index in [0.29, 0.717) is 22.8 Å². The number of rotatable bonds is 11. The van der Waals surface area contributed by atoms with Gasteiger partial charge >= 0.3 is 12.1 Å². The fourth-order valence-electron chi connectivity index (χ4n) is 4.35. The van der Waals surface area contributed by atoms with Crippen LogP contribution in [0.5, 0.6) is 0 Å². The number of anilines is 1. The number of nitrogens with one attached hydrogen (secondary N) is 2. The maximum absolute atomic E-state index is 13.0. The van der Waals surface area contributed by atoms with Gasteiger partial charge in [0.1, 0.15) is 6.04 Å². The van der Waals surface area contributed by atoms with Gasteiger partial charge in [-0.3, -0.25) is 4.79 Å². The number of fused-ring (bicyclic) bond motifs is 1. The normalized spacial score (nSPS) is 20.0. The molecule has 2 aromatic heterocycles. The Morgan fingerprint density at radius 1 is 1.20 bits per heavy atom. The maximum atomic E-state index is 13.0. The summed E-state index contributed by atoms with van der Waals surface area (Å²) in [5.74, 6) is -2.39. The van der Waals surface area contributed by atoms with Crippen LogP contribution < -0.4 is 10.6 Å². The van der Waals surface area contributed by atoms with Gasteiger partial charge in [-0.15, -0.1) is 5.10 Å². The second kappa shape index (κ2) is 12.3. The fourth-order valence-corrected chi connectivity index (χ4v) is 5.10. The summed E-state index contributed by atoms with van der Waals surface area (Å²) in [6, 6.07) is 2.39.